The Hall–Kier alpha value is -1.84. The Morgan fingerprint density at radius 3 is 2.14 bits per heavy atom. The smallest absolute Gasteiger partial charge is 0.241 e. The van der Waals surface area contributed by atoms with Crippen LogP contribution < -0.4 is 11.1 Å². The molecule has 2 aromatic rings. The second-order valence-corrected chi connectivity index (χ2v) is 5.19. The second kappa shape index (κ2) is 9.23. The first kappa shape index (κ1) is 18.2. The van der Waals surface area contributed by atoms with Gasteiger partial charge in [-0.3, -0.25) is 4.79 Å². The molecule has 0 aliphatic rings. The van der Waals surface area contributed by atoms with Crippen molar-refractivity contribution in [1.82, 2.24) is 5.32 Å². The maximum atomic E-state index is 12.3. The van der Waals surface area contributed by atoms with Gasteiger partial charge in [0.1, 0.15) is 6.04 Å². The Labute approximate surface area is 138 Å². The van der Waals surface area contributed by atoms with Crippen LogP contribution in [-0.2, 0) is 11.2 Å². The number of carbonyl (C=O) groups is 1. The first-order chi connectivity index (χ1) is 10.2. The summed E-state index contributed by atoms with van der Waals surface area (Å²) in [5, 5.41) is 3.05. The van der Waals surface area contributed by atoms with Crippen molar-refractivity contribution in [3.8, 4) is 0 Å². The molecule has 2 aromatic carbocycles. The van der Waals surface area contributed by atoms with Crippen molar-refractivity contribution in [2.75, 3.05) is 0 Å². The van der Waals surface area contributed by atoms with Gasteiger partial charge in [-0.05, 0) is 24.0 Å². The van der Waals surface area contributed by atoms with Crippen LogP contribution in [0.25, 0.3) is 0 Å². The first-order valence-corrected chi connectivity index (χ1v) is 7.35. The van der Waals surface area contributed by atoms with E-state index < -0.39 is 6.04 Å². The fraction of sp³-hybridized carbons (Fsp3) is 0.278. The average Bonchev–Trinajstić information content (AvgIpc) is 2.55. The van der Waals surface area contributed by atoms with Crippen LogP contribution in [0.4, 0.5) is 0 Å². The zero-order valence-electron chi connectivity index (χ0n) is 12.7. The van der Waals surface area contributed by atoms with E-state index in [0.29, 0.717) is 0 Å². The first-order valence-electron chi connectivity index (χ1n) is 7.35. The number of amides is 1. The van der Waals surface area contributed by atoms with E-state index in [-0.39, 0.29) is 24.4 Å². The average molecular weight is 319 g/mol. The van der Waals surface area contributed by atoms with Crippen LogP contribution in [0.1, 0.15) is 30.5 Å². The highest BCUT2D eigenvalue weighted by atomic mass is 35.5. The topological polar surface area (TPSA) is 55.1 Å². The molecule has 0 aliphatic carbocycles. The molecule has 0 fully saturated rings. The Bertz CT molecular complexity index is 560. The molecule has 2 rings (SSSR count). The van der Waals surface area contributed by atoms with E-state index in [4.69, 9.17) is 5.73 Å². The second-order valence-electron chi connectivity index (χ2n) is 5.19. The standard InChI is InChI=1S/C18H22N2O.ClH/c1-2-16(13-14-9-5-3-6-10-14)20-18(21)17(19)15-11-7-4-8-12-15;/h3-12,16-17H,2,13,19H2,1H3,(H,20,21);1H. The van der Waals surface area contributed by atoms with E-state index >= 15 is 0 Å². The number of nitrogens with two attached hydrogens (primary N) is 1. The molecule has 3 nitrogen and oxygen atoms in total. The predicted octanol–water partition coefficient (Wildman–Crippen LogP) is 3.25. The summed E-state index contributed by atoms with van der Waals surface area (Å²) in [5.41, 5.74) is 8.08. The molecule has 0 saturated heterocycles. The summed E-state index contributed by atoms with van der Waals surface area (Å²) in [6, 6.07) is 19.1. The highest BCUT2D eigenvalue weighted by molar-refractivity contribution is 5.85. The highest BCUT2D eigenvalue weighted by Gasteiger charge is 2.18. The molecule has 3 N–H and O–H groups in total. The quantitative estimate of drug-likeness (QED) is 0.859. The van der Waals surface area contributed by atoms with Gasteiger partial charge in [-0.1, -0.05) is 67.6 Å². The normalized spacial score (nSPS) is 12.8. The van der Waals surface area contributed by atoms with Crippen LogP contribution in [0.3, 0.4) is 0 Å². The van der Waals surface area contributed by atoms with Gasteiger partial charge in [-0.15, -0.1) is 12.4 Å². The molecule has 4 heteroatoms. The zero-order valence-corrected chi connectivity index (χ0v) is 13.6. The fourth-order valence-electron chi connectivity index (χ4n) is 2.30. The van der Waals surface area contributed by atoms with Crippen molar-refractivity contribution >= 4 is 18.3 Å². The monoisotopic (exact) mass is 318 g/mol. The molecule has 0 radical (unpaired) electrons. The lowest BCUT2D eigenvalue weighted by Gasteiger charge is -2.20. The molecule has 0 saturated carbocycles. The summed E-state index contributed by atoms with van der Waals surface area (Å²) in [4.78, 5) is 12.3. The minimum Gasteiger partial charge on any atom is -0.351 e. The molecule has 22 heavy (non-hydrogen) atoms. The molecule has 2 atom stereocenters. The van der Waals surface area contributed by atoms with E-state index in [2.05, 4.69) is 24.4 Å². The van der Waals surface area contributed by atoms with Crippen molar-refractivity contribution in [3.63, 3.8) is 0 Å². The molecule has 0 aromatic heterocycles. The van der Waals surface area contributed by atoms with E-state index in [1.165, 1.54) is 5.56 Å². The summed E-state index contributed by atoms with van der Waals surface area (Å²) >= 11 is 0. The van der Waals surface area contributed by atoms with Gasteiger partial charge in [-0.2, -0.15) is 0 Å². The largest absolute Gasteiger partial charge is 0.351 e. The molecular formula is C18H23ClN2O. The SMILES string of the molecule is CCC(Cc1ccccc1)NC(=O)C(N)c1ccccc1.Cl. The summed E-state index contributed by atoms with van der Waals surface area (Å²) in [7, 11) is 0. The van der Waals surface area contributed by atoms with Crippen molar-refractivity contribution in [2.45, 2.75) is 31.8 Å². The van der Waals surface area contributed by atoms with Crippen LogP contribution in [0.2, 0.25) is 0 Å². The minimum atomic E-state index is -0.615. The van der Waals surface area contributed by atoms with Gasteiger partial charge in [0.05, 0.1) is 0 Å². The lowest BCUT2D eigenvalue weighted by molar-refractivity contribution is -0.123. The molecule has 1 amide bonds. The maximum Gasteiger partial charge on any atom is 0.241 e. The summed E-state index contributed by atoms with van der Waals surface area (Å²) in [6.45, 7) is 2.07. The molecule has 0 bridgehead atoms. The van der Waals surface area contributed by atoms with Crippen LogP contribution in [-0.4, -0.2) is 11.9 Å². The molecule has 2 unspecified atom stereocenters. The Balaban J connectivity index is 0.00000242. The van der Waals surface area contributed by atoms with Crippen molar-refractivity contribution < 1.29 is 4.79 Å². The van der Waals surface area contributed by atoms with Crippen molar-refractivity contribution in [3.05, 3.63) is 71.8 Å². The van der Waals surface area contributed by atoms with Crippen LogP contribution >= 0.6 is 12.4 Å². The van der Waals surface area contributed by atoms with Crippen molar-refractivity contribution in [2.24, 2.45) is 5.73 Å². The number of carbonyl (C=O) groups excluding carboxylic acids is 1. The zero-order chi connectivity index (χ0) is 15.1. The number of halogens is 1. The maximum absolute atomic E-state index is 12.3. The van der Waals surface area contributed by atoms with Gasteiger partial charge in [0.2, 0.25) is 5.91 Å². The minimum absolute atomic E-state index is 0. The number of nitrogens with one attached hydrogen (secondary N) is 1. The Morgan fingerprint density at radius 1 is 1.05 bits per heavy atom. The van der Waals surface area contributed by atoms with Gasteiger partial charge in [0, 0.05) is 6.04 Å². The molecular weight excluding hydrogens is 296 g/mol. The summed E-state index contributed by atoms with van der Waals surface area (Å²) in [6.07, 6.45) is 1.70. The van der Waals surface area contributed by atoms with Gasteiger partial charge in [0.25, 0.3) is 0 Å². The third-order valence-corrected chi connectivity index (χ3v) is 3.61. The van der Waals surface area contributed by atoms with E-state index in [0.717, 1.165) is 18.4 Å². The molecule has 0 aliphatic heterocycles. The summed E-state index contributed by atoms with van der Waals surface area (Å²) < 4.78 is 0. The van der Waals surface area contributed by atoms with Gasteiger partial charge < -0.3 is 11.1 Å². The molecule has 0 spiro atoms. The number of hydrogen-bond acceptors (Lipinski definition) is 2. The third kappa shape index (κ3) is 5.17. The van der Waals surface area contributed by atoms with Gasteiger partial charge in [0.15, 0.2) is 0 Å². The molecule has 0 heterocycles. The number of hydrogen-bond donors (Lipinski definition) is 2. The Morgan fingerprint density at radius 2 is 1.59 bits per heavy atom. The van der Waals surface area contributed by atoms with E-state index in [9.17, 15) is 4.79 Å². The van der Waals surface area contributed by atoms with E-state index in [1.54, 1.807) is 0 Å². The lowest BCUT2D eigenvalue weighted by Crippen LogP contribution is -2.41. The third-order valence-electron chi connectivity index (χ3n) is 3.61. The highest BCUT2D eigenvalue weighted by Crippen LogP contribution is 2.11. The van der Waals surface area contributed by atoms with Crippen LogP contribution in [0.15, 0.2) is 60.7 Å². The van der Waals surface area contributed by atoms with Crippen LogP contribution in [0, 0.1) is 0 Å². The van der Waals surface area contributed by atoms with Gasteiger partial charge >= 0.3 is 0 Å². The molecule has 118 valence electrons. The van der Waals surface area contributed by atoms with E-state index in [1.807, 2.05) is 48.5 Å². The number of benzene rings is 2. The van der Waals surface area contributed by atoms with Crippen molar-refractivity contribution in [1.29, 1.82) is 0 Å². The van der Waals surface area contributed by atoms with Crippen LogP contribution in [0.5, 0.6) is 0 Å². The lowest BCUT2D eigenvalue weighted by atomic mass is 10.0. The number of rotatable bonds is 6. The fourth-order valence-corrected chi connectivity index (χ4v) is 2.30. The summed E-state index contributed by atoms with van der Waals surface area (Å²) in [5.74, 6) is -0.121. The Kier molecular flexibility index (Phi) is 7.64. The van der Waals surface area contributed by atoms with Gasteiger partial charge in [-0.25, -0.2) is 0 Å². The predicted molar refractivity (Wildman–Crippen MR) is 93.0 cm³/mol.